The number of hydrogen-bond donors (Lipinski definition) is 4. The Hall–Kier alpha value is -0.650. The zero-order valence-corrected chi connectivity index (χ0v) is 23.4. The first-order valence-corrected chi connectivity index (χ1v) is 15.1. The number of carboxylic acid groups (broad SMARTS) is 1. The summed E-state index contributed by atoms with van der Waals surface area (Å²) in [5, 5.41) is 42.4. The van der Waals surface area contributed by atoms with Gasteiger partial charge in [0, 0.05) is 0 Å². The van der Waals surface area contributed by atoms with Crippen LogP contribution in [0.15, 0.2) is 0 Å². The highest BCUT2D eigenvalue weighted by molar-refractivity contribution is 5.76. The Morgan fingerprint density at radius 2 is 1.61 bits per heavy atom. The fraction of sp³-hybridized carbons (Fsp3) is 0.968. The predicted molar refractivity (Wildman–Crippen MR) is 140 cm³/mol. The molecule has 0 aliphatic heterocycles. The Morgan fingerprint density at radius 1 is 0.889 bits per heavy atom. The standard InChI is InChI=1S/C31H52O5/c1-6-27(3)22-11-14-29(5)23(28(22,4)13-12-24(27)34)9-8-20-25-19(21(33)18-32)10-15-30(25,26(35)36)16-17-31(20,29)7-2/h19-25,32-34H,6-18H2,1-5H3,(H,35,36). The largest absolute Gasteiger partial charge is 0.481 e. The fourth-order valence-electron chi connectivity index (χ4n) is 12.5. The van der Waals surface area contributed by atoms with E-state index in [0.717, 1.165) is 57.8 Å². The molecule has 5 nitrogen and oxygen atoms in total. The summed E-state index contributed by atoms with van der Waals surface area (Å²) >= 11 is 0. The molecule has 36 heavy (non-hydrogen) atoms. The minimum Gasteiger partial charge on any atom is -0.481 e. The van der Waals surface area contributed by atoms with Gasteiger partial charge in [-0.2, -0.15) is 0 Å². The molecule has 0 amide bonds. The molecule has 5 aliphatic carbocycles. The highest BCUT2D eigenvalue weighted by atomic mass is 16.4. The SMILES string of the molecule is CCC1(C)C(O)CCC2(C)C1CCC1(C)C2CCC2C3C(C(O)CO)CCC3(C(=O)O)CCC21CC. The molecule has 206 valence electrons. The maximum Gasteiger partial charge on any atom is 0.309 e. The highest BCUT2D eigenvalue weighted by Gasteiger charge is 2.73. The van der Waals surface area contributed by atoms with Crippen molar-refractivity contribution >= 4 is 5.97 Å². The number of fused-ring (bicyclic) bond motifs is 7. The average molecular weight is 505 g/mol. The van der Waals surface area contributed by atoms with E-state index in [1.54, 1.807) is 0 Å². The molecule has 5 rings (SSSR count). The fourth-order valence-corrected chi connectivity index (χ4v) is 12.5. The second kappa shape index (κ2) is 8.68. The van der Waals surface area contributed by atoms with Gasteiger partial charge in [0.15, 0.2) is 0 Å². The number of hydrogen-bond acceptors (Lipinski definition) is 4. The van der Waals surface area contributed by atoms with Crippen molar-refractivity contribution in [3.63, 3.8) is 0 Å². The molecule has 0 spiro atoms. The van der Waals surface area contributed by atoms with Crippen LogP contribution in [0.25, 0.3) is 0 Å². The second-order valence-corrected chi connectivity index (χ2v) is 14.6. The van der Waals surface area contributed by atoms with Crippen LogP contribution in [-0.2, 0) is 4.79 Å². The highest BCUT2D eigenvalue weighted by Crippen LogP contribution is 2.78. The van der Waals surface area contributed by atoms with E-state index in [0.29, 0.717) is 31.1 Å². The van der Waals surface area contributed by atoms with Gasteiger partial charge >= 0.3 is 5.97 Å². The Morgan fingerprint density at radius 3 is 2.22 bits per heavy atom. The van der Waals surface area contributed by atoms with Crippen LogP contribution in [0.1, 0.15) is 112 Å². The zero-order valence-electron chi connectivity index (χ0n) is 23.4. The Bertz CT molecular complexity index is 875. The Labute approximate surface area is 218 Å². The molecule has 0 aromatic rings. The summed E-state index contributed by atoms with van der Waals surface area (Å²) in [4.78, 5) is 12.9. The monoisotopic (exact) mass is 504 g/mol. The van der Waals surface area contributed by atoms with Gasteiger partial charge in [-0.1, -0.05) is 34.6 Å². The number of carboxylic acids is 1. The lowest BCUT2D eigenvalue weighted by Crippen LogP contribution is -2.68. The first kappa shape index (κ1) is 26.9. The summed E-state index contributed by atoms with van der Waals surface area (Å²) in [7, 11) is 0. The van der Waals surface area contributed by atoms with Gasteiger partial charge in [0.2, 0.25) is 0 Å². The second-order valence-electron chi connectivity index (χ2n) is 14.6. The Kier molecular flexibility index (Phi) is 6.49. The molecule has 0 aromatic carbocycles. The molecular formula is C31H52O5. The minimum atomic E-state index is -0.826. The van der Waals surface area contributed by atoms with E-state index in [1.165, 1.54) is 0 Å². The van der Waals surface area contributed by atoms with Crippen molar-refractivity contribution in [3.8, 4) is 0 Å². The summed E-state index contributed by atoms with van der Waals surface area (Å²) in [5.74, 6) is 0.547. The van der Waals surface area contributed by atoms with Crippen molar-refractivity contribution in [3.05, 3.63) is 0 Å². The predicted octanol–water partition coefficient (Wildman–Crippen LogP) is 5.65. The van der Waals surface area contributed by atoms with E-state index >= 15 is 0 Å². The van der Waals surface area contributed by atoms with Crippen molar-refractivity contribution in [2.75, 3.05) is 6.61 Å². The number of rotatable bonds is 5. The normalized spacial score (nSPS) is 55.1. The van der Waals surface area contributed by atoms with Crippen LogP contribution in [-0.4, -0.2) is 45.2 Å². The van der Waals surface area contributed by atoms with Crippen molar-refractivity contribution in [2.45, 2.75) is 124 Å². The van der Waals surface area contributed by atoms with E-state index in [1.807, 2.05) is 0 Å². The molecule has 0 bridgehead atoms. The molecule has 0 saturated heterocycles. The van der Waals surface area contributed by atoms with Gasteiger partial charge in [0.05, 0.1) is 24.2 Å². The summed E-state index contributed by atoms with van der Waals surface area (Å²) in [5.41, 5.74) is -0.370. The molecule has 5 aliphatic rings. The van der Waals surface area contributed by atoms with E-state index in [4.69, 9.17) is 0 Å². The first-order valence-electron chi connectivity index (χ1n) is 15.1. The lowest BCUT2D eigenvalue weighted by atomic mass is 9.31. The lowest BCUT2D eigenvalue weighted by Gasteiger charge is -2.73. The summed E-state index contributed by atoms with van der Waals surface area (Å²) in [6, 6.07) is 0. The maximum atomic E-state index is 12.9. The molecule has 4 N–H and O–H groups in total. The molecule has 12 atom stereocenters. The number of aliphatic hydroxyl groups excluding tert-OH is 3. The topological polar surface area (TPSA) is 98.0 Å². The molecular weight excluding hydrogens is 452 g/mol. The molecule has 5 saturated carbocycles. The molecule has 12 unspecified atom stereocenters. The number of aliphatic hydroxyl groups is 3. The van der Waals surface area contributed by atoms with Crippen molar-refractivity contribution in [1.29, 1.82) is 0 Å². The van der Waals surface area contributed by atoms with Crippen molar-refractivity contribution < 1.29 is 25.2 Å². The van der Waals surface area contributed by atoms with E-state index in [9.17, 15) is 25.2 Å². The third kappa shape index (κ3) is 3.09. The van der Waals surface area contributed by atoms with Gasteiger partial charge in [-0.3, -0.25) is 4.79 Å². The van der Waals surface area contributed by atoms with E-state index in [-0.39, 0.29) is 52.1 Å². The zero-order chi connectivity index (χ0) is 26.3. The van der Waals surface area contributed by atoms with Crippen LogP contribution in [0.3, 0.4) is 0 Å². The van der Waals surface area contributed by atoms with Gasteiger partial charge in [0.1, 0.15) is 0 Å². The summed E-state index contributed by atoms with van der Waals surface area (Å²) in [6.45, 7) is 11.8. The summed E-state index contributed by atoms with van der Waals surface area (Å²) in [6.07, 6.45) is 10.5. The van der Waals surface area contributed by atoms with Gasteiger partial charge in [0.25, 0.3) is 0 Å². The molecule has 5 fully saturated rings. The van der Waals surface area contributed by atoms with Crippen LogP contribution in [0.2, 0.25) is 0 Å². The van der Waals surface area contributed by atoms with Crippen LogP contribution < -0.4 is 0 Å². The van der Waals surface area contributed by atoms with Crippen LogP contribution in [0, 0.1) is 56.7 Å². The molecule has 0 radical (unpaired) electrons. The molecule has 5 heteroatoms. The van der Waals surface area contributed by atoms with Crippen LogP contribution in [0.4, 0.5) is 0 Å². The Balaban J connectivity index is 1.58. The third-order valence-corrected chi connectivity index (χ3v) is 14.4. The van der Waals surface area contributed by atoms with Crippen LogP contribution >= 0.6 is 0 Å². The van der Waals surface area contributed by atoms with E-state index < -0.39 is 17.5 Å². The molecule has 0 heterocycles. The third-order valence-electron chi connectivity index (χ3n) is 14.4. The molecule has 0 aromatic heterocycles. The first-order chi connectivity index (χ1) is 16.9. The quantitative estimate of drug-likeness (QED) is 0.388. The van der Waals surface area contributed by atoms with Crippen molar-refractivity contribution in [2.24, 2.45) is 56.7 Å². The van der Waals surface area contributed by atoms with Crippen LogP contribution in [0.5, 0.6) is 0 Å². The van der Waals surface area contributed by atoms with Crippen molar-refractivity contribution in [1.82, 2.24) is 0 Å². The van der Waals surface area contributed by atoms with Gasteiger partial charge in [-0.05, 0) is 128 Å². The minimum absolute atomic E-state index is 0.0304. The lowest BCUT2D eigenvalue weighted by molar-refractivity contribution is -0.259. The van der Waals surface area contributed by atoms with Gasteiger partial charge in [-0.15, -0.1) is 0 Å². The smallest absolute Gasteiger partial charge is 0.309 e. The van der Waals surface area contributed by atoms with Gasteiger partial charge in [-0.25, -0.2) is 0 Å². The number of aliphatic carboxylic acids is 1. The average Bonchev–Trinajstić information content (AvgIpc) is 3.27. The summed E-state index contributed by atoms with van der Waals surface area (Å²) < 4.78 is 0. The number of carbonyl (C=O) groups is 1. The maximum absolute atomic E-state index is 12.9. The van der Waals surface area contributed by atoms with E-state index in [2.05, 4.69) is 34.6 Å². The van der Waals surface area contributed by atoms with Gasteiger partial charge < -0.3 is 20.4 Å².